The summed E-state index contributed by atoms with van der Waals surface area (Å²) in [5.74, 6) is -0.332. The molecule has 72 valence electrons. The monoisotopic (exact) mass is 309 g/mol. The van der Waals surface area contributed by atoms with E-state index in [9.17, 15) is 4.79 Å². The van der Waals surface area contributed by atoms with Crippen LogP contribution in [-0.4, -0.2) is 17.6 Å². The highest BCUT2D eigenvalue weighted by molar-refractivity contribution is 9.10. The second-order valence-corrected chi connectivity index (χ2v) is 3.91. The van der Waals surface area contributed by atoms with E-state index in [4.69, 9.17) is 0 Å². The first kappa shape index (κ1) is 10.8. The van der Waals surface area contributed by atoms with E-state index in [0.717, 1.165) is 10.0 Å². The number of ether oxygens (including phenoxy) is 1. The molecule has 0 N–H and O–H groups in total. The molecule has 0 radical (unpaired) electrons. The molecule has 1 heterocycles. The normalized spacial score (nSPS) is 10.2. The first-order valence-electron chi connectivity index (χ1n) is 3.59. The fourth-order valence-electron chi connectivity index (χ4n) is 1.09. The van der Waals surface area contributed by atoms with Crippen molar-refractivity contribution in [2.45, 2.75) is 5.33 Å². The Morgan fingerprint density at radius 2 is 2.31 bits per heavy atom. The molecule has 0 unspecified atom stereocenters. The van der Waals surface area contributed by atoms with E-state index in [-0.39, 0.29) is 5.97 Å². The number of alkyl halides is 1. The van der Waals surface area contributed by atoms with Crippen molar-refractivity contribution in [3.8, 4) is 0 Å². The number of carbonyl (C=O) groups is 1. The zero-order chi connectivity index (χ0) is 10.0. The number of nitrogens with zero attached hydrogens (tertiary/aromatic N) is 1. The second kappa shape index (κ2) is 4.28. The molecule has 3 nitrogen and oxygen atoms in total. The minimum Gasteiger partial charge on any atom is -0.464 e. The molecule has 0 aliphatic carbocycles. The van der Waals surface area contributed by atoms with Gasteiger partial charge in [-0.25, -0.2) is 4.79 Å². The van der Waals surface area contributed by atoms with Crippen LogP contribution in [-0.2, 0) is 17.1 Å². The van der Waals surface area contributed by atoms with Crippen molar-refractivity contribution in [2.75, 3.05) is 7.11 Å². The van der Waals surface area contributed by atoms with E-state index in [0.29, 0.717) is 11.0 Å². The largest absolute Gasteiger partial charge is 0.464 e. The number of hydrogen-bond acceptors (Lipinski definition) is 2. The Labute approximate surface area is 93.3 Å². The molecule has 0 fully saturated rings. The van der Waals surface area contributed by atoms with Gasteiger partial charge in [-0.1, -0.05) is 15.9 Å². The Bertz CT molecular complexity index is 333. The lowest BCUT2D eigenvalue weighted by atomic mass is 10.3. The van der Waals surface area contributed by atoms with Crippen molar-refractivity contribution in [3.63, 3.8) is 0 Å². The van der Waals surface area contributed by atoms with Crippen LogP contribution < -0.4 is 0 Å². The molecular weight excluding hydrogens is 302 g/mol. The molecule has 0 aliphatic rings. The highest BCUT2D eigenvalue weighted by Gasteiger charge is 2.17. The summed E-state index contributed by atoms with van der Waals surface area (Å²) < 4.78 is 7.18. The standard InChI is InChI=1S/C8H9Br2NO2/c1-11-4-5(3-9)6(10)7(11)8(12)13-2/h4H,3H2,1-2H3. The zero-order valence-electron chi connectivity index (χ0n) is 7.30. The van der Waals surface area contributed by atoms with Gasteiger partial charge in [-0.15, -0.1) is 0 Å². The molecule has 0 atom stereocenters. The van der Waals surface area contributed by atoms with Crippen LogP contribution in [0.4, 0.5) is 0 Å². The summed E-state index contributed by atoms with van der Waals surface area (Å²) in [5, 5.41) is 0.707. The summed E-state index contributed by atoms with van der Waals surface area (Å²) >= 11 is 6.68. The summed E-state index contributed by atoms with van der Waals surface area (Å²) in [6.07, 6.45) is 1.88. The number of hydrogen-bond donors (Lipinski definition) is 0. The van der Waals surface area contributed by atoms with Gasteiger partial charge in [-0.3, -0.25) is 0 Å². The van der Waals surface area contributed by atoms with Crippen molar-refractivity contribution < 1.29 is 9.53 Å². The molecule has 0 bridgehead atoms. The van der Waals surface area contributed by atoms with Gasteiger partial charge in [0.15, 0.2) is 0 Å². The average molecular weight is 311 g/mol. The van der Waals surface area contributed by atoms with Crippen LogP contribution >= 0.6 is 31.9 Å². The summed E-state index contributed by atoms with van der Waals surface area (Å²) in [7, 11) is 3.18. The van der Waals surface area contributed by atoms with Crippen LogP contribution in [0.1, 0.15) is 16.1 Å². The minimum atomic E-state index is -0.332. The molecule has 0 aliphatic heterocycles. The van der Waals surface area contributed by atoms with Gasteiger partial charge in [0.1, 0.15) is 5.69 Å². The lowest BCUT2D eigenvalue weighted by Crippen LogP contribution is -2.07. The van der Waals surface area contributed by atoms with Crippen molar-refractivity contribution in [3.05, 3.63) is 21.9 Å². The minimum absolute atomic E-state index is 0.332. The Kier molecular flexibility index (Phi) is 3.55. The van der Waals surface area contributed by atoms with Gasteiger partial charge in [-0.05, 0) is 21.5 Å². The van der Waals surface area contributed by atoms with Crippen LogP contribution in [0, 0.1) is 0 Å². The molecule has 1 aromatic heterocycles. The van der Waals surface area contributed by atoms with E-state index in [1.807, 2.05) is 13.2 Å². The highest BCUT2D eigenvalue weighted by Crippen LogP contribution is 2.25. The van der Waals surface area contributed by atoms with Gasteiger partial charge < -0.3 is 9.30 Å². The highest BCUT2D eigenvalue weighted by atomic mass is 79.9. The van der Waals surface area contributed by atoms with Gasteiger partial charge in [0.25, 0.3) is 0 Å². The van der Waals surface area contributed by atoms with E-state index in [2.05, 4.69) is 36.6 Å². The van der Waals surface area contributed by atoms with Crippen molar-refractivity contribution in [1.82, 2.24) is 4.57 Å². The lowest BCUT2D eigenvalue weighted by Gasteiger charge is -2.00. The van der Waals surface area contributed by atoms with E-state index in [1.54, 1.807) is 4.57 Å². The van der Waals surface area contributed by atoms with Gasteiger partial charge in [-0.2, -0.15) is 0 Å². The number of aromatic nitrogens is 1. The van der Waals surface area contributed by atoms with Crippen LogP contribution in [0.25, 0.3) is 0 Å². The van der Waals surface area contributed by atoms with Crippen molar-refractivity contribution >= 4 is 37.8 Å². The first-order valence-corrected chi connectivity index (χ1v) is 5.51. The SMILES string of the molecule is COC(=O)c1c(Br)c(CBr)cn1C. The molecule has 0 amide bonds. The van der Waals surface area contributed by atoms with Crippen LogP contribution in [0.3, 0.4) is 0 Å². The number of halogens is 2. The van der Waals surface area contributed by atoms with E-state index < -0.39 is 0 Å². The maximum absolute atomic E-state index is 11.3. The third kappa shape index (κ3) is 1.96. The van der Waals surface area contributed by atoms with Crippen LogP contribution in [0.5, 0.6) is 0 Å². The van der Waals surface area contributed by atoms with E-state index >= 15 is 0 Å². The maximum atomic E-state index is 11.3. The molecule has 1 rings (SSSR count). The molecule has 0 aromatic carbocycles. The van der Waals surface area contributed by atoms with E-state index in [1.165, 1.54) is 7.11 Å². The summed E-state index contributed by atoms with van der Waals surface area (Å²) in [6.45, 7) is 0. The van der Waals surface area contributed by atoms with Gasteiger partial charge in [0.05, 0.1) is 11.6 Å². The summed E-state index contributed by atoms with van der Waals surface area (Å²) in [4.78, 5) is 11.3. The Balaban J connectivity index is 3.20. The van der Waals surface area contributed by atoms with Crippen molar-refractivity contribution in [1.29, 1.82) is 0 Å². The molecule has 0 saturated heterocycles. The topological polar surface area (TPSA) is 31.2 Å². The lowest BCUT2D eigenvalue weighted by molar-refractivity contribution is 0.0589. The maximum Gasteiger partial charge on any atom is 0.355 e. The Hall–Kier alpha value is -0.290. The number of esters is 1. The zero-order valence-corrected chi connectivity index (χ0v) is 10.5. The Morgan fingerprint density at radius 1 is 1.69 bits per heavy atom. The van der Waals surface area contributed by atoms with Crippen LogP contribution in [0.2, 0.25) is 0 Å². The molecular formula is C8H9Br2NO2. The fourth-order valence-corrected chi connectivity index (χ4v) is 2.57. The average Bonchev–Trinajstić information content (AvgIpc) is 2.40. The number of aryl methyl sites for hydroxylation is 1. The molecule has 1 aromatic rings. The predicted molar refractivity (Wildman–Crippen MR) is 57.1 cm³/mol. The molecule has 0 saturated carbocycles. The predicted octanol–water partition coefficient (Wildman–Crippen LogP) is 2.47. The second-order valence-electron chi connectivity index (χ2n) is 2.55. The van der Waals surface area contributed by atoms with Crippen LogP contribution in [0.15, 0.2) is 10.7 Å². The third-order valence-corrected chi connectivity index (χ3v) is 3.20. The summed E-state index contributed by atoms with van der Waals surface area (Å²) in [5.41, 5.74) is 1.57. The number of rotatable bonds is 2. The molecule has 5 heteroatoms. The third-order valence-electron chi connectivity index (χ3n) is 1.71. The smallest absolute Gasteiger partial charge is 0.355 e. The molecule has 0 spiro atoms. The van der Waals surface area contributed by atoms with Gasteiger partial charge in [0.2, 0.25) is 0 Å². The number of carbonyl (C=O) groups excluding carboxylic acids is 1. The quantitative estimate of drug-likeness (QED) is 0.621. The number of methoxy groups -OCH3 is 1. The first-order chi connectivity index (χ1) is 6.11. The fraction of sp³-hybridized carbons (Fsp3) is 0.375. The molecule has 13 heavy (non-hydrogen) atoms. The van der Waals surface area contributed by atoms with Crippen molar-refractivity contribution in [2.24, 2.45) is 7.05 Å². The Morgan fingerprint density at radius 3 is 2.69 bits per heavy atom. The van der Waals surface area contributed by atoms with Gasteiger partial charge >= 0.3 is 5.97 Å². The summed E-state index contributed by atoms with van der Waals surface area (Å²) in [6, 6.07) is 0. The van der Waals surface area contributed by atoms with Gasteiger partial charge in [0, 0.05) is 18.6 Å².